The van der Waals surface area contributed by atoms with E-state index in [9.17, 15) is 51.9 Å². The van der Waals surface area contributed by atoms with Gasteiger partial charge in [0, 0.05) is 55.9 Å². The highest BCUT2D eigenvalue weighted by Gasteiger charge is 2.46. The number of nitrogens with zero attached hydrogens (tertiary/aromatic N) is 7. The molecular formula is C65H117N11O16S. The van der Waals surface area contributed by atoms with E-state index in [2.05, 4.69) is 21.3 Å². The van der Waals surface area contributed by atoms with Crippen LogP contribution in [-0.2, 0) is 71.8 Å². The van der Waals surface area contributed by atoms with Crippen molar-refractivity contribution in [3.63, 3.8) is 0 Å². The van der Waals surface area contributed by atoms with Gasteiger partial charge in [0.15, 0.2) is 0 Å². The van der Waals surface area contributed by atoms with Gasteiger partial charge in [-0.3, -0.25) is 56.9 Å². The van der Waals surface area contributed by atoms with Crippen LogP contribution in [0.1, 0.15) is 156 Å². The summed E-state index contributed by atoms with van der Waals surface area (Å²) in [6.45, 7) is 26.4. The van der Waals surface area contributed by atoms with Gasteiger partial charge in [-0.1, -0.05) is 95.2 Å². The minimum absolute atomic E-state index is 0.0337. The molecule has 1 aliphatic heterocycles. The Kier molecular flexibility index (Phi) is 35.5. The van der Waals surface area contributed by atoms with Gasteiger partial charge in [-0.25, -0.2) is 0 Å². The average molecular weight is 1340 g/mol. The van der Waals surface area contributed by atoms with E-state index in [0.717, 1.165) is 21.0 Å². The van der Waals surface area contributed by atoms with Gasteiger partial charge in [0.25, 0.3) is 10.1 Å². The number of aliphatic hydroxyl groups is 1. The van der Waals surface area contributed by atoms with Crippen LogP contribution in [0, 0.1) is 35.5 Å². The number of rotatable bonds is 21. The summed E-state index contributed by atoms with van der Waals surface area (Å²) in [6.07, 6.45) is 2.90. The lowest BCUT2D eigenvalue weighted by Gasteiger charge is -2.41. The normalized spacial score (nSPS) is 26.1. The van der Waals surface area contributed by atoms with Gasteiger partial charge in [0.1, 0.15) is 60.4 Å². The fourth-order valence-electron chi connectivity index (χ4n) is 11.2. The van der Waals surface area contributed by atoms with Gasteiger partial charge in [-0.15, -0.1) is 0 Å². The molecule has 0 unspecified atom stereocenters. The molecule has 0 aromatic carbocycles. The zero-order chi connectivity index (χ0) is 72.0. The molecule has 13 atom stereocenters. The Morgan fingerprint density at radius 2 is 0.989 bits per heavy atom. The molecule has 1 fully saturated rings. The quantitative estimate of drug-likeness (QED) is 0.0626. The summed E-state index contributed by atoms with van der Waals surface area (Å²) >= 11 is 0. The monoisotopic (exact) mass is 1340 g/mol. The second kappa shape index (κ2) is 38.9. The van der Waals surface area contributed by atoms with Crippen LogP contribution in [0.4, 0.5) is 0 Å². The molecule has 0 aromatic heterocycles. The van der Waals surface area contributed by atoms with Crippen LogP contribution in [0.2, 0.25) is 0 Å². The lowest BCUT2D eigenvalue weighted by molar-refractivity contribution is -0.157. The fourth-order valence-corrected chi connectivity index (χ4v) is 11.7. The molecule has 0 bridgehead atoms. The summed E-state index contributed by atoms with van der Waals surface area (Å²) in [4.78, 5) is 170. The van der Waals surface area contributed by atoms with E-state index < -0.39 is 172 Å². The number of unbranched alkanes of at least 4 members (excludes halogenated alkanes) is 1. The maximum atomic E-state index is 15.2. The molecular weight excluding hydrogens is 1220 g/mol. The molecule has 1 rings (SSSR count). The third kappa shape index (κ3) is 25.4. The number of ether oxygens (including phenoxy) is 1. The fraction of sp³-hybridized carbons (Fsp3) is 0.800. The molecule has 1 heterocycles. The first-order chi connectivity index (χ1) is 42.9. The molecule has 27 nitrogen and oxygen atoms in total. The van der Waals surface area contributed by atoms with Crippen molar-refractivity contribution in [2.75, 3.05) is 75.3 Å². The largest absolute Gasteiger partial charge is 0.390 e. The van der Waals surface area contributed by atoms with Crippen molar-refractivity contribution in [1.82, 2.24) is 55.6 Å². The van der Waals surface area contributed by atoms with E-state index >= 15 is 14.4 Å². The summed E-state index contributed by atoms with van der Waals surface area (Å²) in [5, 5.41) is 23.0. The minimum atomic E-state index is -3.72. The van der Waals surface area contributed by atoms with E-state index in [1.165, 1.54) is 89.7 Å². The molecule has 28 heteroatoms. The predicted octanol–water partition coefficient (Wildman–Crippen LogP) is 2.38. The predicted molar refractivity (Wildman–Crippen MR) is 354 cm³/mol. The first-order valence-electron chi connectivity index (χ1n) is 32.7. The number of hydrogen-bond acceptors (Lipinski definition) is 16. The molecule has 0 saturated carbocycles. The Morgan fingerprint density at radius 1 is 0.527 bits per heavy atom. The Labute approximate surface area is 555 Å². The SMILES string of the molecule is C/C=C/C[C@@H](C)[C@@H](O)[C@H]1C(=O)N[C@@H](CC)C(=O)N(C)CC(=O)N(C)[C@@H]([C@@H](C)OCCCCOS(C)(=O)=O)C(=O)N[C@@H](C(C)C)C(=O)N(C)[C@@H](CC(C)C)C(=O)N[C@@H](C)C(=O)N[C@H](C)C(=O)N(C)[C@@H](CC(C)C)C(=O)N(C)[C@@H](CC(C)C)C(=O)N(C)[C@@H](C(C)C)C(=O)N1C. The molecule has 534 valence electrons. The van der Waals surface area contributed by atoms with Crippen molar-refractivity contribution >= 4 is 75.1 Å². The smallest absolute Gasteiger partial charge is 0.264 e. The van der Waals surface area contributed by atoms with Crippen molar-refractivity contribution in [2.24, 2.45) is 35.5 Å². The van der Waals surface area contributed by atoms with E-state index in [-0.39, 0.29) is 75.9 Å². The van der Waals surface area contributed by atoms with E-state index in [4.69, 9.17) is 8.92 Å². The van der Waals surface area contributed by atoms with Crippen LogP contribution in [0.3, 0.4) is 0 Å². The number of nitrogens with one attached hydrogen (secondary N) is 4. The first kappa shape index (κ1) is 84.8. The minimum Gasteiger partial charge on any atom is -0.390 e. The van der Waals surface area contributed by atoms with Gasteiger partial charge in [0.05, 0.1) is 31.6 Å². The van der Waals surface area contributed by atoms with Gasteiger partial charge < -0.3 is 65.4 Å². The Bertz CT molecular complexity index is 2670. The topological polar surface area (TPSA) is 331 Å². The summed E-state index contributed by atoms with van der Waals surface area (Å²) in [6, 6.07) is -13.2. The maximum absolute atomic E-state index is 15.2. The number of carbonyl (C=O) groups excluding carboxylic acids is 11. The molecule has 1 aliphatic rings. The third-order valence-corrected chi connectivity index (χ3v) is 17.6. The van der Waals surface area contributed by atoms with Crippen molar-refractivity contribution in [3.8, 4) is 0 Å². The van der Waals surface area contributed by atoms with Crippen molar-refractivity contribution in [1.29, 1.82) is 0 Å². The molecule has 0 aromatic rings. The summed E-state index contributed by atoms with van der Waals surface area (Å²) < 4.78 is 34.1. The molecule has 0 radical (unpaired) electrons. The van der Waals surface area contributed by atoms with Crippen LogP contribution in [0.15, 0.2) is 12.2 Å². The van der Waals surface area contributed by atoms with Gasteiger partial charge >= 0.3 is 0 Å². The van der Waals surface area contributed by atoms with Gasteiger partial charge in [-0.2, -0.15) is 8.42 Å². The standard InChI is InChI=1S/C65H117N11O16S/c1-25-27-30-42(13)55(78)54-59(82)68-46(26-2)61(84)70(17)36-50(77)74(21)53(45(16)91-31-28-29-32-92-93(24,89)90)58(81)69-51(40(9)10)64(87)71(18)47(33-37(3)4)57(80)66-43(14)56(79)67-44(15)60(83)72(19)48(34-38(5)6)62(85)73(20)49(35-39(7)8)63(86)75(22)52(41(11)12)65(88)76(54)23/h25,27,37-49,51-55,78H,26,28-36H2,1-24H3,(H,66,80)(H,67,79)(H,68,82)(H,69,81)/b27-25+/t42-,43+,44-,45-,46+,47+,48+,49+,51+,52+,53+,54+,55-/m1/s1. The lowest BCUT2D eigenvalue weighted by Crippen LogP contribution is -2.63. The number of hydrogen-bond donors (Lipinski definition) is 5. The number of allylic oxidation sites excluding steroid dienone is 2. The van der Waals surface area contributed by atoms with Gasteiger partial charge in [0.2, 0.25) is 65.0 Å². The van der Waals surface area contributed by atoms with Crippen molar-refractivity contribution in [2.45, 2.75) is 228 Å². The summed E-state index contributed by atoms with van der Waals surface area (Å²) in [7, 11) is 5.89. The van der Waals surface area contributed by atoms with Crippen LogP contribution in [-0.4, -0.2) is 261 Å². The van der Waals surface area contributed by atoms with Crippen LogP contribution in [0.5, 0.6) is 0 Å². The number of aliphatic hydroxyl groups excluding tert-OH is 1. The highest BCUT2D eigenvalue weighted by atomic mass is 32.2. The second-order valence-corrected chi connectivity index (χ2v) is 28.8. The zero-order valence-corrected chi connectivity index (χ0v) is 61.0. The number of amides is 11. The molecule has 11 amide bonds. The van der Waals surface area contributed by atoms with Crippen molar-refractivity contribution in [3.05, 3.63) is 12.2 Å². The maximum Gasteiger partial charge on any atom is 0.264 e. The molecule has 0 spiro atoms. The average Bonchev–Trinajstić information content (AvgIpc) is 0.826. The molecule has 5 N–H and O–H groups in total. The number of carbonyl (C=O) groups is 11. The second-order valence-electron chi connectivity index (χ2n) is 27.2. The Morgan fingerprint density at radius 3 is 1.47 bits per heavy atom. The number of likely N-dealkylation sites (N-methyl/N-ethyl adjacent to an activating group) is 7. The Hall–Kier alpha value is -6.26. The van der Waals surface area contributed by atoms with Crippen LogP contribution >= 0.6 is 0 Å². The van der Waals surface area contributed by atoms with E-state index in [0.29, 0.717) is 0 Å². The van der Waals surface area contributed by atoms with Crippen molar-refractivity contribution < 1.29 is 75.2 Å². The highest BCUT2D eigenvalue weighted by Crippen LogP contribution is 2.26. The zero-order valence-electron chi connectivity index (χ0n) is 60.2. The first-order valence-corrected chi connectivity index (χ1v) is 34.5. The lowest BCUT2D eigenvalue weighted by atomic mass is 9.91. The van der Waals surface area contributed by atoms with E-state index in [1.807, 2.05) is 41.5 Å². The summed E-state index contributed by atoms with van der Waals surface area (Å²) in [5.74, 6) is -10.6. The van der Waals surface area contributed by atoms with Crippen LogP contribution < -0.4 is 21.3 Å². The van der Waals surface area contributed by atoms with E-state index in [1.54, 1.807) is 60.6 Å². The molecule has 0 aliphatic carbocycles. The molecule has 93 heavy (non-hydrogen) atoms. The highest BCUT2D eigenvalue weighted by molar-refractivity contribution is 7.85. The summed E-state index contributed by atoms with van der Waals surface area (Å²) in [5.41, 5.74) is 0. The Balaban J connectivity index is 4.38. The van der Waals surface area contributed by atoms with Crippen LogP contribution in [0.25, 0.3) is 0 Å². The third-order valence-electron chi connectivity index (χ3n) is 17.0. The molecule has 1 saturated heterocycles. The van der Waals surface area contributed by atoms with Gasteiger partial charge in [-0.05, 0) is 108 Å².